The van der Waals surface area contributed by atoms with Crippen molar-refractivity contribution in [2.24, 2.45) is 0 Å². The van der Waals surface area contributed by atoms with E-state index in [1.165, 1.54) is 7.11 Å². The SMILES string of the molecule is COC(=O)CCC[C@@H](/C=C\C=C\[C@H](CC#CCCCCCO[Si](C)(C)C(C)(C)C)O[Si](C)(C)C(C)(C)C)O[Si](C)(C)C(C)(C)C. The van der Waals surface area contributed by atoms with E-state index in [9.17, 15) is 4.79 Å². The molecular weight excluding hydrogens is 609 g/mol. The standard InChI is InChI=1S/C37H72O5Si3/c1-35(2,3)43(11,12)40-31-24-20-18-17-19-21-26-32(41-44(13,14)36(4,5)6)27-22-23-28-33(29-25-30-34(38)39-10)42-45(15,16)37(7,8)9/h22-23,27-28,32-33H,17-18,20,24-26,29-31H2,1-16H3/b27-22+,28-23-/t32-,33+/m0/s1. The maximum Gasteiger partial charge on any atom is 0.305 e. The Kier molecular flexibility index (Phi) is 18.7. The number of allylic oxidation sites excluding steroid dienone is 2. The highest BCUT2D eigenvalue weighted by atomic mass is 28.4. The van der Waals surface area contributed by atoms with E-state index >= 15 is 0 Å². The zero-order chi connectivity index (χ0) is 35.2. The van der Waals surface area contributed by atoms with Crippen molar-refractivity contribution in [3.63, 3.8) is 0 Å². The number of rotatable bonds is 18. The van der Waals surface area contributed by atoms with Crippen LogP contribution >= 0.6 is 0 Å². The van der Waals surface area contributed by atoms with Crippen LogP contribution in [-0.4, -0.2) is 56.8 Å². The van der Waals surface area contributed by atoms with Crippen LogP contribution in [0.15, 0.2) is 24.3 Å². The minimum atomic E-state index is -1.98. The number of hydrogen-bond acceptors (Lipinski definition) is 5. The van der Waals surface area contributed by atoms with Crippen LogP contribution in [0.4, 0.5) is 0 Å². The van der Waals surface area contributed by atoms with Crippen molar-refractivity contribution >= 4 is 30.9 Å². The van der Waals surface area contributed by atoms with Gasteiger partial charge in [-0.2, -0.15) is 0 Å². The first-order chi connectivity index (χ1) is 20.4. The van der Waals surface area contributed by atoms with Crippen LogP contribution in [0.1, 0.15) is 114 Å². The fourth-order valence-electron chi connectivity index (χ4n) is 3.68. The number of ether oxygens (including phenoxy) is 1. The van der Waals surface area contributed by atoms with Gasteiger partial charge in [-0.25, -0.2) is 0 Å². The number of methoxy groups -OCH3 is 1. The molecule has 0 aliphatic carbocycles. The number of hydrogen-bond donors (Lipinski definition) is 0. The third-order valence-electron chi connectivity index (χ3n) is 10.0. The van der Waals surface area contributed by atoms with Crippen molar-refractivity contribution in [1.82, 2.24) is 0 Å². The largest absolute Gasteiger partial charge is 0.469 e. The zero-order valence-corrected chi connectivity index (χ0v) is 35.4. The van der Waals surface area contributed by atoms with Gasteiger partial charge in [-0.05, 0) is 80.1 Å². The predicted octanol–water partition coefficient (Wildman–Crippen LogP) is 11.2. The molecule has 0 radical (unpaired) electrons. The van der Waals surface area contributed by atoms with Crippen LogP contribution in [0.5, 0.6) is 0 Å². The van der Waals surface area contributed by atoms with Gasteiger partial charge in [0.05, 0.1) is 19.3 Å². The van der Waals surface area contributed by atoms with Gasteiger partial charge in [0, 0.05) is 25.9 Å². The van der Waals surface area contributed by atoms with Crippen molar-refractivity contribution in [3.05, 3.63) is 24.3 Å². The van der Waals surface area contributed by atoms with Crippen molar-refractivity contribution < 1.29 is 22.8 Å². The van der Waals surface area contributed by atoms with Gasteiger partial charge >= 0.3 is 5.97 Å². The summed E-state index contributed by atoms with van der Waals surface area (Å²) in [7, 11) is -4.16. The molecule has 0 saturated carbocycles. The molecule has 0 heterocycles. The second-order valence-corrected chi connectivity index (χ2v) is 31.4. The molecule has 0 aliphatic heterocycles. The Labute approximate surface area is 283 Å². The van der Waals surface area contributed by atoms with Crippen LogP contribution in [0, 0.1) is 11.8 Å². The number of unbranched alkanes of at least 4 members (excludes halogenated alkanes) is 3. The molecule has 0 aromatic rings. The first kappa shape index (κ1) is 44.0. The van der Waals surface area contributed by atoms with Crippen molar-refractivity contribution in [2.45, 2.75) is 180 Å². The van der Waals surface area contributed by atoms with Gasteiger partial charge in [0.25, 0.3) is 0 Å². The molecule has 0 N–H and O–H groups in total. The van der Waals surface area contributed by atoms with Crippen LogP contribution < -0.4 is 0 Å². The summed E-state index contributed by atoms with van der Waals surface area (Å²) >= 11 is 0. The Morgan fingerprint density at radius 3 is 1.64 bits per heavy atom. The summed E-state index contributed by atoms with van der Waals surface area (Å²) in [4.78, 5) is 11.7. The second-order valence-electron chi connectivity index (χ2n) is 17.0. The predicted molar refractivity (Wildman–Crippen MR) is 202 cm³/mol. The van der Waals surface area contributed by atoms with Crippen LogP contribution in [0.3, 0.4) is 0 Å². The fraction of sp³-hybridized carbons (Fsp3) is 0.811. The lowest BCUT2D eigenvalue weighted by Crippen LogP contribution is -2.43. The zero-order valence-electron chi connectivity index (χ0n) is 32.4. The number of carbonyl (C=O) groups is 1. The maximum absolute atomic E-state index is 11.7. The average molecular weight is 681 g/mol. The molecule has 0 amide bonds. The molecule has 5 nitrogen and oxygen atoms in total. The smallest absolute Gasteiger partial charge is 0.305 e. The normalized spacial score (nSPS) is 15.3. The second kappa shape index (κ2) is 19.1. The molecule has 0 aliphatic rings. The summed E-state index contributed by atoms with van der Waals surface area (Å²) in [6.07, 6.45) is 15.2. The summed E-state index contributed by atoms with van der Waals surface area (Å²) in [5.41, 5.74) is 0. The van der Waals surface area contributed by atoms with Gasteiger partial charge in [0.2, 0.25) is 0 Å². The molecule has 0 saturated heterocycles. The van der Waals surface area contributed by atoms with E-state index in [-0.39, 0.29) is 33.3 Å². The summed E-state index contributed by atoms with van der Waals surface area (Å²) < 4.78 is 24.7. The van der Waals surface area contributed by atoms with Gasteiger partial charge in [0.1, 0.15) is 0 Å². The van der Waals surface area contributed by atoms with Crippen molar-refractivity contribution in [2.75, 3.05) is 13.7 Å². The van der Waals surface area contributed by atoms with Gasteiger partial charge in [0.15, 0.2) is 25.0 Å². The van der Waals surface area contributed by atoms with E-state index in [2.05, 4.69) is 138 Å². The van der Waals surface area contributed by atoms with Gasteiger partial charge in [-0.3, -0.25) is 4.79 Å². The Morgan fingerprint density at radius 2 is 1.16 bits per heavy atom. The van der Waals surface area contributed by atoms with E-state index in [1.807, 2.05) is 0 Å². The molecular formula is C37H72O5Si3. The molecule has 0 unspecified atom stereocenters. The van der Waals surface area contributed by atoms with E-state index in [4.69, 9.17) is 18.0 Å². The molecule has 0 aromatic heterocycles. The molecule has 0 rings (SSSR count). The first-order valence-electron chi connectivity index (χ1n) is 17.2. The summed E-state index contributed by atoms with van der Waals surface area (Å²) in [6.45, 7) is 35.1. The third kappa shape index (κ3) is 17.7. The first-order valence-corrected chi connectivity index (χ1v) is 26.0. The van der Waals surface area contributed by atoms with Gasteiger partial charge in [-0.1, -0.05) is 93.0 Å². The molecule has 8 heteroatoms. The summed E-state index contributed by atoms with van der Waals surface area (Å²) in [5, 5.41) is 0.491. The molecule has 0 bridgehead atoms. The monoisotopic (exact) mass is 680 g/mol. The van der Waals surface area contributed by atoms with Crippen LogP contribution in [0.2, 0.25) is 54.4 Å². The highest BCUT2D eigenvalue weighted by molar-refractivity contribution is 6.75. The van der Waals surface area contributed by atoms with E-state index in [1.54, 1.807) is 0 Å². The van der Waals surface area contributed by atoms with E-state index < -0.39 is 25.0 Å². The lowest BCUT2D eigenvalue weighted by Gasteiger charge is -2.38. The minimum Gasteiger partial charge on any atom is -0.469 e. The summed E-state index contributed by atoms with van der Waals surface area (Å²) in [6, 6.07) is 0. The Bertz CT molecular complexity index is 983. The highest BCUT2D eigenvalue weighted by Gasteiger charge is 2.40. The Morgan fingerprint density at radius 1 is 0.667 bits per heavy atom. The fourth-order valence-corrected chi connectivity index (χ4v) is 7.34. The molecule has 2 atom stereocenters. The summed E-state index contributed by atoms with van der Waals surface area (Å²) in [5.74, 6) is 6.65. The molecule has 0 aromatic carbocycles. The molecule has 262 valence electrons. The third-order valence-corrected chi connectivity index (χ3v) is 23.6. The van der Waals surface area contributed by atoms with Crippen LogP contribution in [-0.2, 0) is 22.8 Å². The average Bonchev–Trinajstić information content (AvgIpc) is 2.87. The maximum atomic E-state index is 11.7. The van der Waals surface area contributed by atoms with Gasteiger partial charge < -0.3 is 18.0 Å². The van der Waals surface area contributed by atoms with Crippen molar-refractivity contribution in [3.8, 4) is 11.8 Å². The molecule has 45 heavy (non-hydrogen) atoms. The lowest BCUT2D eigenvalue weighted by molar-refractivity contribution is -0.140. The van der Waals surface area contributed by atoms with Crippen LogP contribution in [0.25, 0.3) is 0 Å². The lowest BCUT2D eigenvalue weighted by atomic mass is 10.1. The Balaban J connectivity index is 5.40. The molecule has 0 fully saturated rings. The quantitative estimate of drug-likeness (QED) is 0.0474. The Hall–Kier alpha value is -0.959. The van der Waals surface area contributed by atoms with E-state index in [0.717, 1.165) is 45.1 Å². The topological polar surface area (TPSA) is 54.0 Å². The van der Waals surface area contributed by atoms with Gasteiger partial charge in [-0.15, -0.1) is 11.8 Å². The minimum absolute atomic E-state index is 0.0490. The van der Waals surface area contributed by atoms with E-state index in [0.29, 0.717) is 12.8 Å². The number of carbonyl (C=O) groups excluding carboxylic acids is 1. The number of esters is 1. The molecule has 0 spiro atoms. The van der Waals surface area contributed by atoms with Crippen molar-refractivity contribution in [1.29, 1.82) is 0 Å². The highest BCUT2D eigenvalue weighted by Crippen LogP contribution is 2.39.